The highest BCUT2D eigenvalue weighted by molar-refractivity contribution is 7.13. The molecule has 21 aromatic rings. The van der Waals surface area contributed by atoms with Crippen LogP contribution in [0.1, 0.15) is 103 Å². The molecule has 0 radical (unpaired) electrons. The molecule has 0 atom stereocenters. The minimum atomic E-state index is 0.0245. The second kappa shape index (κ2) is 41.4. The Labute approximate surface area is 761 Å². The molecular formula is C114H110N6O3S4. The standard InChI is InChI=1S/C22H21NO2.C20H15N3S.C19H17N.C18H16.C14H13N.C8H10S.C7H10OS.C6H8S/c1-13-4-6-17-18-7-5-15(11-21(18)23-20(17)8-13)19-10-16(12-24)14(2)9-22(19)25-3;1-11-3-6-15-16-8-5-13(10-18(16)21-17(15)9-11)14-7-4-12(2)19-20(14)23-24-22-19;1-3-7-16(8-4-1)15-17-11-13-19(14-12-17)20-18-9-5-2-6-10-18;1-11-9-17-13(3)15-7-5-6-8-16(15)14(4)18(17)10-12(11)2;1-9-3-5-11-12-6-4-10(2)8-14(12)15-13(11)7-9;1-3-4-8-6-5-7(2)9-8;1-5-3-7(4-8)6(2)9-5;1-5-3-4-6(2)7-5/h4-11,23-24H,12H2,1-3H3;3-10,21H,1-2H3;1-14,20H,15H2;5-10H,3-4H2,1-2H3;3-8,15H,1-2H3;3-6H,1-2H3;3,8H,4H2,1-2H3;3-4H,1-2H3/b;;;;;4-3+;;. The molecule has 0 saturated carbocycles. The van der Waals surface area contributed by atoms with Crippen LogP contribution in [0.2, 0.25) is 0 Å². The molecule has 0 aliphatic rings. The second-order valence-electron chi connectivity index (χ2n) is 32.7. The highest BCUT2D eigenvalue weighted by atomic mass is 32.1. The van der Waals surface area contributed by atoms with E-state index in [9.17, 15) is 5.11 Å². The Balaban J connectivity index is 0.000000121. The van der Waals surface area contributed by atoms with E-state index in [1.165, 1.54) is 167 Å². The molecule has 0 amide bonds. The van der Waals surface area contributed by atoms with Gasteiger partial charge in [0.25, 0.3) is 0 Å². The Kier molecular flexibility index (Phi) is 29.4. The van der Waals surface area contributed by atoms with E-state index in [1.54, 1.807) is 18.4 Å². The van der Waals surface area contributed by atoms with Crippen LogP contribution in [0.4, 0.5) is 11.4 Å². The normalized spacial score (nSPS) is 11.0. The summed E-state index contributed by atoms with van der Waals surface area (Å²) >= 11 is 6.68. The number of aryl methyl sites for hydroxylation is 13. The van der Waals surface area contributed by atoms with E-state index in [2.05, 4.69) is 379 Å². The van der Waals surface area contributed by atoms with Gasteiger partial charge in [-0.15, -0.1) is 34.0 Å². The van der Waals surface area contributed by atoms with E-state index < -0.39 is 0 Å². The van der Waals surface area contributed by atoms with E-state index >= 15 is 0 Å². The largest absolute Gasteiger partial charge is 0.496 e. The number of aliphatic hydroxyl groups is 2. The minimum Gasteiger partial charge on any atom is -0.496 e. The third kappa shape index (κ3) is 21.9. The topological polar surface area (TPSA) is 135 Å². The number of para-hydroxylation sites is 1. The Morgan fingerprint density at radius 2 is 0.787 bits per heavy atom. The molecule has 638 valence electrons. The Morgan fingerprint density at radius 3 is 1.22 bits per heavy atom. The van der Waals surface area contributed by atoms with Crippen molar-refractivity contribution in [1.29, 1.82) is 0 Å². The summed E-state index contributed by atoms with van der Waals surface area (Å²) in [7, 11) is 1.68. The summed E-state index contributed by atoms with van der Waals surface area (Å²) in [5, 5.41) is 36.4. The molecule has 21 rings (SSSR count). The predicted octanol–water partition coefficient (Wildman–Crippen LogP) is 30.4. The van der Waals surface area contributed by atoms with Crippen molar-refractivity contribution < 1.29 is 14.9 Å². The van der Waals surface area contributed by atoms with Gasteiger partial charge in [0.2, 0.25) is 0 Å². The van der Waals surface area contributed by atoms with Crippen molar-refractivity contribution in [3.05, 3.63) is 398 Å². The molecule has 0 unspecified atom stereocenters. The molecular weight excluding hydrogens is 1630 g/mol. The summed E-state index contributed by atoms with van der Waals surface area (Å²) in [4.78, 5) is 18.6. The zero-order valence-corrected chi connectivity index (χ0v) is 78.4. The monoisotopic (exact) mass is 1740 g/mol. The van der Waals surface area contributed by atoms with Gasteiger partial charge in [-0.05, 0) is 322 Å². The molecule has 0 saturated heterocycles. The number of anilines is 2. The average Bonchev–Trinajstić information content (AvgIpc) is 1.55. The number of fused-ring (bicyclic) bond motifs is 12. The molecule has 0 aliphatic carbocycles. The van der Waals surface area contributed by atoms with E-state index in [4.69, 9.17) is 9.84 Å². The highest BCUT2D eigenvalue weighted by Gasteiger charge is 2.16. The molecule has 0 bridgehead atoms. The number of nitrogens with zero attached hydrogens (tertiary/aromatic N) is 2. The van der Waals surface area contributed by atoms with Gasteiger partial charge in [-0.2, -0.15) is 8.75 Å². The third-order valence-electron chi connectivity index (χ3n) is 22.9. The number of aliphatic hydroxyl groups excluding tert-OH is 2. The number of hydrogen-bond donors (Lipinski definition) is 6. The van der Waals surface area contributed by atoms with Gasteiger partial charge < -0.3 is 35.2 Å². The SMILES string of the molecule is C/C=C/c1ccc(C)s1.C=c1c2ccccc2c(=C)c2cc(C)c(C)cc12.COc1cc(C)c(CO)cc1-c1ccc2c(c1)[nH]c1cc(C)ccc12.Cc1cc(CO)c(C)s1.Cc1ccc(C)s1.Cc1ccc2c(c1)[nH]c1cc(-c3ccc(C)c4nsnc34)ccc12.Cc1ccc2c(c1)[nH]c1cc(C)ccc12.c1ccc(Cc2ccc(Nc3ccccc3)cc2)cc1. The third-order valence-corrected chi connectivity index (χ3v) is 26.3. The summed E-state index contributed by atoms with van der Waals surface area (Å²) in [6.45, 7) is 38.0. The molecule has 6 N–H and O–H groups in total. The lowest BCUT2D eigenvalue weighted by molar-refractivity contribution is 0.281. The van der Waals surface area contributed by atoms with Crippen molar-refractivity contribution in [2.45, 2.75) is 117 Å². The molecule has 0 spiro atoms. The van der Waals surface area contributed by atoms with Gasteiger partial charge >= 0.3 is 0 Å². The highest BCUT2D eigenvalue weighted by Crippen LogP contribution is 2.39. The van der Waals surface area contributed by atoms with Gasteiger partial charge in [0.1, 0.15) is 16.8 Å². The van der Waals surface area contributed by atoms with Crippen LogP contribution in [0.15, 0.2) is 291 Å². The minimum absolute atomic E-state index is 0.0245. The van der Waals surface area contributed by atoms with Gasteiger partial charge in [0, 0.05) is 117 Å². The van der Waals surface area contributed by atoms with Crippen LogP contribution >= 0.6 is 45.7 Å². The smallest absolute Gasteiger partial charge is 0.126 e. The molecule has 7 aromatic heterocycles. The zero-order chi connectivity index (χ0) is 89.5. The number of ether oxygens (including phenoxy) is 1. The van der Waals surface area contributed by atoms with Crippen LogP contribution in [0, 0.1) is 90.0 Å². The first-order valence-electron chi connectivity index (χ1n) is 42.9. The maximum absolute atomic E-state index is 9.60. The number of benzene rings is 14. The van der Waals surface area contributed by atoms with Crippen LogP contribution in [0.3, 0.4) is 0 Å². The number of nitrogens with one attached hydrogen (secondary N) is 4. The van der Waals surface area contributed by atoms with Crippen molar-refractivity contribution in [2.75, 3.05) is 12.4 Å². The van der Waals surface area contributed by atoms with Crippen molar-refractivity contribution in [3.8, 4) is 28.0 Å². The van der Waals surface area contributed by atoms with Crippen molar-refractivity contribution >= 4 is 174 Å². The number of rotatable bonds is 10. The predicted molar refractivity (Wildman–Crippen MR) is 554 cm³/mol. The van der Waals surface area contributed by atoms with E-state index in [1.807, 2.05) is 79.8 Å². The first kappa shape index (κ1) is 90.2. The fourth-order valence-electron chi connectivity index (χ4n) is 16.0. The second-order valence-corrected chi connectivity index (χ2v) is 37.5. The molecule has 14 aromatic carbocycles. The fourth-order valence-corrected chi connectivity index (χ4v) is 19.2. The number of methoxy groups -OCH3 is 1. The summed E-state index contributed by atoms with van der Waals surface area (Å²) in [5.74, 6) is 0.820. The van der Waals surface area contributed by atoms with Crippen LogP contribution in [0.25, 0.3) is 139 Å². The number of aromatic nitrogens is 5. The lowest BCUT2D eigenvalue weighted by Crippen LogP contribution is -2.12. The van der Waals surface area contributed by atoms with Gasteiger partial charge in [-0.1, -0.05) is 201 Å². The van der Waals surface area contributed by atoms with Crippen molar-refractivity contribution in [2.24, 2.45) is 0 Å². The fraction of sp³-hybridized carbons (Fsp3) is 0.158. The lowest BCUT2D eigenvalue weighted by atomic mass is 9.95. The van der Waals surface area contributed by atoms with Gasteiger partial charge in [-0.25, -0.2) is 0 Å². The summed E-state index contributed by atoms with van der Waals surface area (Å²) in [6, 6.07) is 100. The van der Waals surface area contributed by atoms with Crippen LogP contribution in [0.5, 0.6) is 5.75 Å². The maximum Gasteiger partial charge on any atom is 0.126 e. The summed E-state index contributed by atoms with van der Waals surface area (Å²) < 4.78 is 14.5. The zero-order valence-electron chi connectivity index (χ0n) is 75.2. The molecule has 7 heterocycles. The Bertz CT molecular complexity index is 7360. The quantitative estimate of drug-likeness (QED) is 0.0755. The van der Waals surface area contributed by atoms with Gasteiger partial charge in [-0.3, -0.25) is 0 Å². The number of aromatic amines is 3. The number of hydrogen-bond acceptors (Lipinski definition) is 10. The van der Waals surface area contributed by atoms with E-state index in [0.29, 0.717) is 0 Å². The first-order chi connectivity index (χ1) is 61.4. The Morgan fingerprint density at radius 1 is 0.354 bits per heavy atom. The summed E-state index contributed by atoms with van der Waals surface area (Å²) in [6.07, 6.45) is 5.16. The number of H-pyrrole nitrogens is 3. The van der Waals surface area contributed by atoms with Crippen LogP contribution in [-0.2, 0) is 19.6 Å². The van der Waals surface area contributed by atoms with Gasteiger partial charge in [0.05, 0.1) is 32.1 Å². The van der Waals surface area contributed by atoms with Crippen molar-refractivity contribution in [1.82, 2.24) is 23.7 Å². The maximum atomic E-state index is 9.60. The molecule has 127 heavy (non-hydrogen) atoms. The Hall–Kier alpha value is -13.1. The van der Waals surface area contributed by atoms with Gasteiger partial charge in [0.15, 0.2) is 0 Å². The average molecular weight is 1740 g/mol. The van der Waals surface area contributed by atoms with Crippen molar-refractivity contribution in [3.63, 3.8) is 0 Å². The number of allylic oxidation sites excluding steroid dienone is 1. The van der Waals surface area contributed by atoms with Crippen LogP contribution in [-0.4, -0.2) is 41.0 Å². The molecule has 9 nitrogen and oxygen atoms in total. The summed E-state index contributed by atoms with van der Waals surface area (Å²) in [5.41, 5.74) is 30.2. The molecule has 0 fully saturated rings. The van der Waals surface area contributed by atoms with E-state index in [-0.39, 0.29) is 13.2 Å². The first-order valence-corrected chi connectivity index (χ1v) is 46.0. The number of thiophene rings is 3. The lowest BCUT2D eigenvalue weighted by Gasteiger charge is -2.13. The molecule has 13 heteroatoms. The van der Waals surface area contributed by atoms with Crippen LogP contribution < -0.4 is 20.5 Å². The molecule has 0 aliphatic heterocycles. The van der Waals surface area contributed by atoms with E-state index in [0.717, 1.165) is 94.9 Å².